The van der Waals surface area contributed by atoms with Crippen LogP contribution in [0.15, 0.2) is 36.4 Å². The van der Waals surface area contributed by atoms with Crippen LogP contribution in [0.25, 0.3) is 0 Å². The van der Waals surface area contributed by atoms with Crippen LogP contribution in [0.2, 0.25) is 20.1 Å². The van der Waals surface area contributed by atoms with Crippen LogP contribution in [0.4, 0.5) is 0 Å². The second-order valence-corrected chi connectivity index (χ2v) is 15.1. The van der Waals surface area contributed by atoms with Gasteiger partial charge in [-0.15, -0.1) is 0 Å². The minimum Gasteiger partial charge on any atom is -0.465 e. The molecule has 5 nitrogen and oxygen atoms in total. The van der Waals surface area contributed by atoms with Crippen molar-refractivity contribution in [2.45, 2.75) is 85.9 Å². The lowest BCUT2D eigenvalue weighted by molar-refractivity contribution is -0.154. The number of fused-ring (bicyclic) bond motifs is 4. The number of halogens is 4. The van der Waals surface area contributed by atoms with Gasteiger partial charge in [0.25, 0.3) is 0 Å². The number of esters is 2. The van der Waals surface area contributed by atoms with Crippen molar-refractivity contribution < 1.29 is 23.8 Å². The van der Waals surface area contributed by atoms with Gasteiger partial charge >= 0.3 is 11.9 Å². The number of benzene rings is 2. The predicted octanol–water partition coefficient (Wildman–Crippen LogP) is 8.89. The molecule has 0 aromatic heterocycles. The zero-order valence-corrected chi connectivity index (χ0v) is 27.0. The van der Waals surface area contributed by atoms with Gasteiger partial charge in [0, 0.05) is 22.3 Å². The molecule has 2 aromatic carbocycles. The van der Waals surface area contributed by atoms with Crippen LogP contribution in [0, 0.1) is 11.8 Å². The highest BCUT2D eigenvalue weighted by atomic mass is 35.5. The largest absolute Gasteiger partial charge is 0.465 e. The molecule has 2 aromatic rings. The fourth-order valence-electron chi connectivity index (χ4n) is 7.30. The molecule has 4 fully saturated rings. The van der Waals surface area contributed by atoms with Gasteiger partial charge in [0.05, 0.1) is 58.4 Å². The summed E-state index contributed by atoms with van der Waals surface area (Å²) in [7, 11) is 0. The van der Waals surface area contributed by atoms with Gasteiger partial charge in [0.2, 0.25) is 0 Å². The first-order valence-corrected chi connectivity index (χ1v) is 17.2. The van der Waals surface area contributed by atoms with Crippen molar-refractivity contribution in [3.8, 4) is 0 Å². The Kier molecular flexibility index (Phi) is 9.89. The quantitative estimate of drug-likeness (QED) is 0.248. The number of carbonyl (C=O) groups excluding carboxylic acids is 2. The number of rotatable bonds is 9. The van der Waals surface area contributed by atoms with Gasteiger partial charge in [0.15, 0.2) is 0 Å². The lowest BCUT2D eigenvalue weighted by Crippen LogP contribution is -2.37. The summed E-state index contributed by atoms with van der Waals surface area (Å²) in [5.74, 6) is -0.141. The van der Waals surface area contributed by atoms with Crippen molar-refractivity contribution in [1.29, 1.82) is 0 Å². The number of ether oxygens (including phenoxy) is 3. The van der Waals surface area contributed by atoms with E-state index in [9.17, 15) is 9.59 Å². The van der Waals surface area contributed by atoms with E-state index in [1.807, 2.05) is 48.2 Å². The molecule has 4 bridgehead atoms. The standard InChI is InChI=1S/C32H34Cl4O5S/c33-25-5-1-17(11-27(25)35)21-13-19-3-7-29(41-19)23(21)15-39-31(37)9-10-32(38)40-16-24-22(14-20-4-8-30(24)42-20)18-2-6-26(34)28(36)12-18/h1-2,5-6,11-12,19-24,29-30H,3-4,7-10,13-16H2/t19?,20?,21-,22-,23+,24+,29?,30?/m1/s1. The van der Waals surface area contributed by atoms with Crippen molar-refractivity contribution in [3.63, 3.8) is 0 Å². The second kappa shape index (κ2) is 13.5. The average Bonchev–Trinajstić information content (AvgIpc) is 3.56. The van der Waals surface area contributed by atoms with Crippen LogP contribution in [0.5, 0.6) is 0 Å². The zero-order chi connectivity index (χ0) is 29.4. The molecule has 4 unspecified atom stereocenters. The molecule has 0 saturated carbocycles. The Morgan fingerprint density at radius 3 is 1.95 bits per heavy atom. The molecule has 0 aliphatic carbocycles. The maximum absolute atomic E-state index is 12.7. The molecule has 8 atom stereocenters. The first-order valence-electron chi connectivity index (χ1n) is 14.8. The first kappa shape index (κ1) is 30.9. The normalized spacial score (nSPS) is 31.6. The van der Waals surface area contributed by atoms with E-state index in [4.69, 9.17) is 60.6 Å². The molecule has 4 heterocycles. The van der Waals surface area contributed by atoms with Gasteiger partial charge in [-0.25, -0.2) is 0 Å². The molecule has 226 valence electrons. The van der Waals surface area contributed by atoms with Crippen molar-refractivity contribution in [3.05, 3.63) is 67.6 Å². The van der Waals surface area contributed by atoms with E-state index in [0.717, 1.165) is 43.2 Å². The van der Waals surface area contributed by atoms with Crippen LogP contribution in [-0.4, -0.2) is 47.9 Å². The maximum Gasteiger partial charge on any atom is 0.306 e. The smallest absolute Gasteiger partial charge is 0.306 e. The highest BCUT2D eigenvalue weighted by molar-refractivity contribution is 8.00. The molecular weight excluding hydrogens is 638 g/mol. The van der Waals surface area contributed by atoms with E-state index < -0.39 is 5.97 Å². The lowest BCUT2D eigenvalue weighted by Gasteiger charge is -2.37. The van der Waals surface area contributed by atoms with Gasteiger partial charge in [-0.3, -0.25) is 9.59 Å². The van der Waals surface area contributed by atoms with Gasteiger partial charge in [0.1, 0.15) is 0 Å². The Labute approximate surface area is 271 Å². The third-order valence-corrected chi connectivity index (χ3v) is 12.7. The van der Waals surface area contributed by atoms with Gasteiger partial charge in [-0.05, 0) is 85.8 Å². The summed E-state index contributed by atoms with van der Waals surface area (Å²) in [4.78, 5) is 25.4. The van der Waals surface area contributed by atoms with E-state index in [0.29, 0.717) is 37.2 Å². The summed E-state index contributed by atoms with van der Waals surface area (Å²) in [5, 5.41) is 3.19. The zero-order valence-electron chi connectivity index (χ0n) is 23.1. The SMILES string of the molecule is O=C(CCC(=O)OC[C@@H]1C2CCC(C[C@@H]1c1ccc(Cl)c(Cl)c1)S2)OC[C@@H]1C2CCC(C[C@@H]1c1ccc(Cl)c(Cl)c1)O2. The summed E-state index contributed by atoms with van der Waals surface area (Å²) in [6, 6.07) is 11.5. The molecular formula is C32H34Cl4O5S. The highest BCUT2D eigenvalue weighted by Gasteiger charge is 2.45. The lowest BCUT2D eigenvalue weighted by atomic mass is 9.79. The molecule has 4 aliphatic rings. The summed E-state index contributed by atoms with van der Waals surface area (Å²) < 4.78 is 17.6. The second-order valence-electron chi connectivity index (χ2n) is 12.0. The Hall–Kier alpha value is -1.15. The third-order valence-electron chi connectivity index (χ3n) is 9.45. The molecule has 0 radical (unpaired) electrons. The number of carbonyl (C=O) groups is 2. The Morgan fingerprint density at radius 2 is 1.33 bits per heavy atom. The first-order chi connectivity index (χ1) is 20.2. The van der Waals surface area contributed by atoms with Crippen molar-refractivity contribution >= 4 is 70.1 Å². The molecule has 4 saturated heterocycles. The maximum atomic E-state index is 12.7. The Balaban J connectivity index is 1.01. The van der Waals surface area contributed by atoms with E-state index >= 15 is 0 Å². The van der Waals surface area contributed by atoms with Crippen LogP contribution in [0.1, 0.15) is 74.3 Å². The fraction of sp³-hybridized carbons (Fsp3) is 0.562. The van der Waals surface area contributed by atoms with Crippen molar-refractivity contribution in [2.24, 2.45) is 11.8 Å². The monoisotopic (exact) mass is 670 g/mol. The molecule has 6 rings (SSSR count). The van der Waals surface area contributed by atoms with Crippen LogP contribution < -0.4 is 0 Å². The average molecular weight is 672 g/mol. The summed E-state index contributed by atoms with van der Waals surface area (Å²) >= 11 is 27.0. The minimum atomic E-state index is -0.402. The van der Waals surface area contributed by atoms with Crippen molar-refractivity contribution in [2.75, 3.05) is 13.2 Å². The molecule has 0 spiro atoms. The Morgan fingerprint density at radius 1 is 0.738 bits per heavy atom. The minimum absolute atomic E-state index is 0.00762. The van der Waals surface area contributed by atoms with E-state index in [1.54, 1.807) is 0 Å². The molecule has 42 heavy (non-hydrogen) atoms. The number of thioether (sulfide) groups is 1. The topological polar surface area (TPSA) is 61.8 Å². The summed E-state index contributed by atoms with van der Waals surface area (Å²) in [6.07, 6.45) is 6.37. The van der Waals surface area contributed by atoms with Crippen LogP contribution in [-0.2, 0) is 23.8 Å². The number of hydrogen-bond donors (Lipinski definition) is 0. The fourth-order valence-corrected chi connectivity index (χ4v) is 9.74. The van der Waals surface area contributed by atoms with E-state index in [1.165, 1.54) is 6.42 Å². The predicted molar refractivity (Wildman–Crippen MR) is 168 cm³/mol. The van der Waals surface area contributed by atoms with E-state index in [-0.39, 0.29) is 61.3 Å². The highest BCUT2D eigenvalue weighted by Crippen LogP contribution is 2.53. The molecule has 0 N–H and O–H groups in total. The van der Waals surface area contributed by atoms with E-state index in [2.05, 4.69) is 0 Å². The summed E-state index contributed by atoms with van der Waals surface area (Å²) in [6.45, 7) is 0.570. The summed E-state index contributed by atoms with van der Waals surface area (Å²) in [5.41, 5.74) is 2.23. The number of hydrogen-bond acceptors (Lipinski definition) is 6. The molecule has 4 aliphatic heterocycles. The molecule has 0 amide bonds. The van der Waals surface area contributed by atoms with Crippen LogP contribution in [0.3, 0.4) is 0 Å². The van der Waals surface area contributed by atoms with Gasteiger partial charge < -0.3 is 14.2 Å². The molecule has 10 heteroatoms. The van der Waals surface area contributed by atoms with Crippen molar-refractivity contribution in [1.82, 2.24) is 0 Å². The Bertz CT molecular complexity index is 1220. The van der Waals surface area contributed by atoms with Crippen LogP contribution >= 0.6 is 58.2 Å². The third kappa shape index (κ3) is 6.89. The van der Waals surface area contributed by atoms with Gasteiger partial charge in [-0.2, -0.15) is 11.8 Å². The van der Waals surface area contributed by atoms with Gasteiger partial charge in [-0.1, -0.05) is 58.5 Å².